The predicted octanol–water partition coefficient (Wildman–Crippen LogP) is 1.70. The summed E-state index contributed by atoms with van der Waals surface area (Å²) in [4.78, 5) is 34.8. The molecule has 2 rings (SSSR count). The molecular weight excluding hydrogens is 289 g/mol. The van der Waals surface area contributed by atoms with Gasteiger partial charge in [-0.05, 0) is 36.5 Å². The Balaban J connectivity index is 1.99. The summed E-state index contributed by atoms with van der Waals surface area (Å²) in [5, 5.41) is 11.7. The second kappa shape index (κ2) is 7.15. The van der Waals surface area contributed by atoms with E-state index in [2.05, 4.69) is 5.32 Å². The van der Waals surface area contributed by atoms with Crippen LogP contribution in [0.4, 0.5) is 4.39 Å². The second-order valence-electron chi connectivity index (χ2n) is 5.59. The number of benzene rings is 1. The molecule has 118 valence electrons. The van der Waals surface area contributed by atoms with E-state index in [1.54, 1.807) is 6.07 Å². The van der Waals surface area contributed by atoms with Crippen LogP contribution in [-0.4, -0.2) is 28.8 Å². The van der Waals surface area contributed by atoms with Crippen LogP contribution in [0.1, 0.15) is 31.2 Å². The number of hydrogen-bond acceptors (Lipinski definition) is 3. The summed E-state index contributed by atoms with van der Waals surface area (Å²) in [5.41, 5.74) is 0.473. The summed E-state index contributed by atoms with van der Waals surface area (Å²) in [5.74, 6) is -2.43. The highest BCUT2D eigenvalue weighted by Gasteiger charge is 2.33. The van der Waals surface area contributed by atoms with Crippen molar-refractivity contribution in [2.45, 2.75) is 38.1 Å². The van der Waals surface area contributed by atoms with Crippen LogP contribution < -0.4 is 5.32 Å². The van der Waals surface area contributed by atoms with Crippen LogP contribution in [-0.2, 0) is 20.8 Å². The van der Waals surface area contributed by atoms with Crippen molar-refractivity contribution in [2.24, 2.45) is 5.92 Å². The van der Waals surface area contributed by atoms with Gasteiger partial charge in [-0.3, -0.25) is 9.59 Å². The van der Waals surface area contributed by atoms with E-state index in [1.165, 1.54) is 18.2 Å². The molecule has 1 aromatic carbocycles. The van der Waals surface area contributed by atoms with Gasteiger partial charge >= 0.3 is 5.97 Å². The third kappa shape index (κ3) is 4.38. The first kappa shape index (κ1) is 16.1. The van der Waals surface area contributed by atoms with Gasteiger partial charge < -0.3 is 10.4 Å². The van der Waals surface area contributed by atoms with Gasteiger partial charge in [-0.2, -0.15) is 0 Å². The number of halogens is 1. The topological polar surface area (TPSA) is 83.5 Å². The van der Waals surface area contributed by atoms with Gasteiger partial charge in [-0.15, -0.1) is 0 Å². The Morgan fingerprint density at radius 1 is 1.41 bits per heavy atom. The van der Waals surface area contributed by atoms with E-state index in [0.29, 0.717) is 24.8 Å². The molecule has 2 N–H and O–H groups in total. The number of aliphatic carboxylic acids is 1. The molecule has 0 saturated heterocycles. The Morgan fingerprint density at radius 3 is 2.82 bits per heavy atom. The summed E-state index contributed by atoms with van der Waals surface area (Å²) in [6.45, 7) is 0. The van der Waals surface area contributed by atoms with Gasteiger partial charge in [0.05, 0.1) is 6.42 Å². The quantitative estimate of drug-likeness (QED) is 0.867. The minimum atomic E-state index is -1.15. The van der Waals surface area contributed by atoms with Gasteiger partial charge in [0.25, 0.3) is 0 Å². The normalized spacial score (nSPS) is 19.5. The summed E-state index contributed by atoms with van der Waals surface area (Å²) in [6.07, 6.45) is 1.80. The molecule has 0 radical (unpaired) electrons. The van der Waals surface area contributed by atoms with E-state index >= 15 is 0 Å². The number of nitrogens with one attached hydrogen (secondary N) is 1. The summed E-state index contributed by atoms with van der Waals surface area (Å²) < 4.78 is 13.1. The SMILES string of the molecule is O=C1CCC[C@H]([C@H](NC(=O)Cc2cccc(F)c2)C(=O)O)C1. The third-order valence-corrected chi connectivity index (χ3v) is 3.83. The highest BCUT2D eigenvalue weighted by molar-refractivity contribution is 5.86. The molecule has 0 bridgehead atoms. The maximum Gasteiger partial charge on any atom is 0.326 e. The molecule has 0 aliphatic heterocycles. The first-order chi connectivity index (χ1) is 10.5. The van der Waals surface area contributed by atoms with Gasteiger partial charge in [0, 0.05) is 12.8 Å². The van der Waals surface area contributed by atoms with Crippen LogP contribution in [0.25, 0.3) is 0 Å². The molecule has 1 aliphatic carbocycles. The fourth-order valence-electron chi connectivity index (χ4n) is 2.78. The van der Waals surface area contributed by atoms with Gasteiger partial charge in [0.15, 0.2) is 0 Å². The van der Waals surface area contributed by atoms with Crippen molar-refractivity contribution in [1.82, 2.24) is 5.32 Å². The Bertz CT molecular complexity index is 587. The highest BCUT2D eigenvalue weighted by atomic mass is 19.1. The number of carboxylic acids is 1. The lowest BCUT2D eigenvalue weighted by molar-refractivity contribution is -0.144. The van der Waals surface area contributed by atoms with Crippen LogP contribution >= 0.6 is 0 Å². The van der Waals surface area contributed by atoms with Crippen molar-refractivity contribution < 1.29 is 23.9 Å². The molecule has 0 aromatic heterocycles. The predicted molar refractivity (Wildman–Crippen MR) is 76.6 cm³/mol. The minimum Gasteiger partial charge on any atom is -0.480 e. The number of hydrogen-bond donors (Lipinski definition) is 2. The van der Waals surface area contributed by atoms with Crippen LogP contribution in [0.2, 0.25) is 0 Å². The Labute approximate surface area is 127 Å². The van der Waals surface area contributed by atoms with Crippen molar-refractivity contribution in [2.75, 3.05) is 0 Å². The number of carboxylic acid groups (broad SMARTS) is 1. The van der Waals surface area contributed by atoms with E-state index in [4.69, 9.17) is 0 Å². The van der Waals surface area contributed by atoms with E-state index in [0.717, 1.165) is 0 Å². The molecule has 1 fully saturated rings. The lowest BCUT2D eigenvalue weighted by atomic mass is 9.83. The standard InChI is InChI=1S/C16H18FNO4/c17-12-5-1-3-10(7-12)8-14(20)18-15(16(21)22)11-4-2-6-13(19)9-11/h1,3,5,7,11,15H,2,4,6,8-9H2,(H,18,20)(H,21,22)/t11-,15-/m0/s1. The van der Waals surface area contributed by atoms with Crippen LogP contribution in [0.15, 0.2) is 24.3 Å². The van der Waals surface area contributed by atoms with Crippen molar-refractivity contribution in [3.05, 3.63) is 35.6 Å². The van der Waals surface area contributed by atoms with Crippen LogP contribution in [0.3, 0.4) is 0 Å². The fraction of sp³-hybridized carbons (Fsp3) is 0.438. The van der Waals surface area contributed by atoms with E-state index < -0.39 is 23.7 Å². The third-order valence-electron chi connectivity index (χ3n) is 3.83. The minimum absolute atomic E-state index is 0.0295. The molecule has 0 unspecified atom stereocenters. The Kier molecular flexibility index (Phi) is 5.25. The van der Waals surface area contributed by atoms with Crippen LogP contribution in [0, 0.1) is 11.7 Å². The maximum atomic E-state index is 13.1. The second-order valence-corrected chi connectivity index (χ2v) is 5.59. The molecule has 6 heteroatoms. The molecule has 5 nitrogen and oxygen atoms in total. The lowest BCUT2D eigenvalue weighted by Gasteiger charge is -2.27. The average molecular weight is 307 g/mol. The smallest absolute Gasteiger partial charge is 0.326 e. The largest absolute Gasteiger partial charge is 0.480 e. The summed E-state index contributed by atoms with van der Waals surface area (Å²) in [7, 11) is 0. The monoisotopic (exact) mass is 307 g/mol. The Hall–Kier alpha value is -2.24. The summed E-state index contributed by atoms with van der Waals surface area (Å²) in [6, 6.07) is 4.52. The van der Waals surface area contributed by atoms with Crippen molar-refractivity contribution in [3.8, 4) is 0 Å². The van der Waals surface area contributed by atoms with Gasteiger partial charge in [0.2, 0.25) is 5.91 Å². The number of carbonyl (C=O) groups is 3. The molecule has 22 heavy (non-hydrogen) atoms. The Morgan fingerprint density at radius 2 is 2.18 bits per heavy atom. The van der Waals surface area contributed by atoms with E-state index in [-0.39, 0.29) is 24.5 Å². The van der Waals surface area contributed by atoms with Gasteiger partial charge in [0.1, 0.15) is 17.6 Å². The van der Waals surface area contributed by atoms with Gasteiger partial charge in [-0.1, -0.05) is 12.1 Å². The molecular formula is C16H18FNO4. The molecule has 2 atom stereocenters. The van der Waals surface area contributed by atoms with Crippen molar-refractivity contribution >= 4 is 17.7 Å². The first-order valence-corrected chi connectivity index (χ1v) is 7.24. The number of carbonyl (C=O) groups excluding carboxylic acids is 2. The number of rotatable bonds is 5. The first-order valence-electron chi connectivity index (χ1n) is 7.24. The van der Waals surface area contributed by atoms with Gasteiger partial charge in [-0.25, -0.2) is 9.18 Å². The number of ketones is 1. The highest BCUT2D eigenvalue weighted by Crippen LogP contribution is 2.24. The molecule has 1 saturated carbocycles. The van der Waals surface area contributed by atoms with Crippen LogP contribution in [0.5, 0.6) is 0 Å². The zero-order valence-electron chi connectivity index (χ0n) is 12.0. The zero-order valence-corrected chi connectivity index (χ0v) is 12.0. The number of Topliss-reactive ketones (excluding diaryl/α,β-unsaturated/α-hetero) is 1. The summed E-state index contributed by atoms with van der Waals surface area (Å²) >= 11 is 0. The molecule has 0 heterocycles. The molecule has 1 aromatic rings. The van der Waals surface area contributed by atoms with E-state index in [9.17, 15) is 23.9 Å². The van der Waals surface area contributed by atoms with Crippen molar-refractivity contribution in [3.63, 3.8) is 0 Å². The molecule has 1 aliphatic rings. The zero-order chi connectivity index (χ0) is 16.1. The molecule has 1 amide bonds. The number of amides is 1. The fourth-order valence-corrected chi connectivity index (χ4v) is 2.78. The maximum absolute atomic E-state index is 13.1. The lowest BCUT2D eigenvalue weighted by Crippen LogP contribution is -2.47. The van der Waals surface area contributed by atoms with E-state index in [1.807, 2.05) is 0 Å². The van der Waals surface area contributed by atoms with Crippen molar-refractivity contribution in [1.29, 1.82) is 0 Å². The molecule has 0 spiro atoms. The average Bonchev–Trinajstić information content (AvgIpc) is 2.44.